The first-order valence-electron chi connectivity index (χ1n) is 6.97. The maximum atomic E-state index is 11.0. The number of rotatable bonds is 6. The van der Waals surface area contributed by atoms with Gasteiger partial charge in [-0.25, -0.2) is 0 Å². The van der Waals surface area contributed by atoms with Crippen LogP contribution in [0, 0.1) is 0 Å². The van der Waals surface area contributed by atoms with Crippen LogP contribution in [0.5, 0.6) is 0 Å². The van der Waals surface area contributed by atoms with Crippen LogP contribution >= 0.6 is 0 Å². The Labute approximate surface area is 129 Å². The van der Waals surface area contributed by atoms with Gasteiger partial charge in [0.05, 0.1) is 19.5 Å². The van der Waals surface area contributed by atoms with Crippen molar-refractivity contribution >= 4 is 18.4 Å². The van der Waals surface area contributed by atoms with Crippen LogP contribution < -0.4 is 0 Å². The molecule has 0 aliphatic carbocycles. The van der Waals surface area contributed by atoms with Crippen LogP contribution in [-0.2, 0) is 31.9 Å². The van der Waals surface area contributed by atoms with Crippen LogP contribution in [-0.4, -0.2) is 23.0 Å². The van der Waals surface area contributed by atoms with E-state index in [9.17, 15) is 8.42 Å². The molecule has 1 aromatic carbocycles. The van der Waals surface area contributed by atoms with Gasteiger partial charge in [0.25, 0.3) is 10.1 Å². The SMILES string of the molecule is CC(C)(C)[Si](C)(C)OCc1cccc(COS(C)(=O)=O)c1. The predicted octanol–water partition coefficient (Wildman–Crippen LogP) is 3.68. The van der Waals surface area contributed by atoms with E-state index in [4.69, 9.17) is 8.61 Å². The standard InChI is InChI=1S/C15H26O4SSi/c1-15(2,3)21(5,6)19-12-14-9-7-8-13(10-14)11-18-20(4,16)17/h7-10H,11-12H2,1-6H3. The molecular weight excluding hydrogens is 304 g/mol. The normalized spacial score (nSPS) is 13.4. The third-order valence-electron chi connectivity index (χ3n) is 3.84. The molecule has 0 saturated heterocycles. The average molecular weight is 331 g/mol. The van der Waals surface area contributed by atoms with Crippen LogP contribution in [0.1, 0.15) is 31.9 Å². The fraction of sp³-hybridized carbons (Fsp3) is 0.600. The zero-order chi connectivity index (χ0) is 16.3. The molecule has 0 fully saturated rings. The van der Waals surface area contributed by atoms with E-state index < -0.39 is 18.4 Å². The minimum atomic E-state index is -3.41. The highest BCUT2D eigenvalue weighted by Gasteiger charge is 2.36. The summed E-state index contributed by atoms with van der Waals surface area (Å²) < 4.78 is 33.0. The predicted molar refractivity (Wildman–Crippen MR) is 88.1 cm³/mol. The van der Waals surface area contributed by atoms with E-state index in [-0.39, 0.29) is 11.6 Å². The van der Waals surface area contributed by atoms with Crippen molar-refractivity contribution in [2.45, 2.75) is 52.1 Å². The Morgan fingerprint density at radius 2 is 1.62 bits per heavy atom. The molecule has 0 aliphatic heterocycles. The van der Waals surface area contributed by atoms with Gasteiger partial charge in [-0.2, -0.15) is 8.42 Å². The molecule has 1 aromatic rings. The van der Waals surface area contributed by atoms with E-state index >= 15 is 0 Å². The molecule has 0 amide bonds. The smallest absolute Gasteiger partial charge is 0.264 e. The molecule has 0 N–H and O–H groups in total. The topological polar surface area (TPSA) is 52.6 Å². The van der Waals surface area contributed by atoms with Crippen LogP contribution in [0.2, 0.25) is 18.1 Å². The molecule has 0 bridgehead atoms. The molecule has 0 radical (unpaired) electrons. The molecule has 0 aliphatic rings. The Balaban J connectivity index is 2.69. The Morgan fingerprint density at radius 3 is 2.10 bits per heavy atom. The van der Waals surface area contributed by atoms with E-state index in [0.717, 1.165) is 17.4 Å². The van der Waals surface area contributed by atoms with Crippen LogP contribution in [0.3, 0.4) is 0 Å². The highest BCUT2D eigenvalue weighted by molar-refractivity contribution is 7.85. The van der Waals surface area contributed by atoms with Crippen molar-refractivity contribution in [1.29, 1.82) is 0 Å². The summed E-state index contributed by atoms with van der Waals surface area (Å²) in [4.78, 5) is 0. The molecule has 0 unspecified atom stereocenters. The second-order valence-electron chi connectivity index (χ2n) is 6.84. The maximum Gasteiger partial charge on any atom is 0.264 e. The summed E-state index contributed by atoms with van der Waals surface area (Å²) in [7, 11) is -5.20. The van der Waals surface area contributed by atoms with Crippen molar-refractivity contribution in [3.8, 4) is 0 Å². The molecule has 0 aromatic heterocycles. The Kier molecular flexibility index (Phi) is 5.77. The minimum Gasteiger partial charge on any atom is -0.413 e. The molecular formula is C15H26O4SSi. The molecule has 21 heavy (non-hydrogen) atoms. The molecule has 0 spiro atoms. The largest absolute Gasteiger partial charge is 0.413 e. The first-order valence-corrected chi connectivity index (χ1v) is 11.7. The first kappa shape index (κ1) is 18.4. The van der Waals surface area contributed by atoms with Crippen LogP contribution in [0.4, 0.5) is 0 Å². The summed E-state index contributed by atoms with van der Waals surface area (Å²) in [5.41, 5.74) is 1.87. The van der Waals surface area contributed by atoms with Gasteiger partial charge in [0.2, 0.25) is 0 Å². The maximum absolute atomic E-state index is 11.0. The van der Waals surface area contributed by atoms with Gasteiger partial charge in [-0.05, 0) is 29.3 Å². The Hall–Kier alpha value is -0.693. The van der Waals surface area contributed by atoms with E-state index in [1.54, 1.807) is 0 Å². The van der Waals surface area contributed by atoms with Gasteiger partial charge in [0.1, 0.15) is 0 Å². The molecule has 6 heteroatoms. The van der Waals surface area contributed by atoms with Crippen molar-refractivity contribution in [3.05, 3.63) is 35.4 Å². The van der Waals surface area contributed by atoms with Gasteiger partial charge in [-0.15, -0.1) is 0 Å². The van der Waals surface area contributed by atoms with Crippen LogP contribution in [0.25, 0.3) is 0 Å². The van der Waals surface area contributed by atoms with E-state index in [1.165, 1.54) is 0 Å². The summed E-state index contributed by atoms with van der Waals surface area (Å²) in [6.07, 6.45) is 1.05. The Morgan fingerprint density at radius 1 is 1.10 bits per heavy atom. The van der Waals surface area contributed by atoms with Crippen molar-refractivity contribution in [1.82, 2.24) is 0 Å². The van der Waals surface area contributed by atoms with Crippen molar-refractivity contribution in [2.75, 3.05) is 6.26 Å². The zero-order valence-corrected chi connectivity index (χ0v) is 15.6. The summed E-state index contributed by atoms with van der Waals surface area (Å²) in [5, 5.41) is 0.171. The zero-order valence-electron chi connectivity index (χ0n) is 13.8. The third kappa shape index (κ3) is 6.30. The van der Waals surface area contributed by atoms with E-state index in [2.05, 4.69) is 33.9 Å². The fourth-order valence-corrected chi connectivity index (χ4v) is 2.78. The Bertz CT molecular complexity index is 574. The molecule has 0 atom stereocenters. The quantitative estimate of drug-likeness (QED) is 0.590. The monoisotopic (exact) mass is 330 g/mol. The lowest BCUT2D eigenvalue weighted by Crippen LogP contribution is -2.40. The molecule has 0 saturated carbocycles. The number of hydrogen-bond acceptors (Lipinski definition) is 4. The lowest BCUT2D eigenvalue weighted by molar-refractivity contribution is 0.275. The van der Waals surface area contributed by atoms with Gasteiger partial charge in [0, 0.05) is 0 Å². The van der Waals surface area contributed by atoms with Crippen molar-refractivity contribution in [3.63, 3.8) is 0 Å². The summed E-state index contributed by atoms with van der Waals surface area (Å²) in [5.74, 6) is 0. The summed E-state index contributed by atoms with van der Waals surface area (Å²) >= 11 is 0. The minimum absolute atomic E-state index is 0.0623. The van der Waals surface area contributed by atoms with Gasteiger partial charge < -0.3 is 4.43 Å². The van der Waals surface area contributed by atoms with Crippen molar-refractivity contribution < 1.29 is 17.0 Å². The molecule has 0 heterocycles. The van der Waals surface area contributed by atoms with Crippen molar-refractivity contribution in [2.24, 2.45) is 0 Å². The summed E-state index contributed by atoms with van der Waals surface area (Å²) in [6, 6.07) is 7.65. The number of hydrogen-bond donors (Lipinski definition) is 0. The van der Waals surface area contributed by atoms with Gasteiger partial charge >= 0.3 is 0 Å². The second kappa shape index (κ2) is 6.60. The van der Waals surface area contributed by atoms with Gasteiger partial charge in [-0.1, -0.05) is 45.0 Å². The van der Waals surface area contributed by atoms with Gasteiger partial charge in [0.15, 0.2) is 8.32 Å². The van der Waals surface area contributed by atoms with E-state index in [0.29, 0.717) is 6.61 Å². The summed E-state index contributed by atoms with van der Waals surface area (Å²) in [6.45, 7) is 11.6. The second-order valence-corrected chi connectivity index (χ2v) is 13.3. The first-order chi connectivity index (χ1) is 9.41. The molecule has 120 valence electrons. The highest BCUT2D eigenvalue weighted by Crippen LogP contribution is 2.37. The molecule has 4 nitrogen and oxygen atoms in total. The number of benzene rings is 1. The van der Waals surface area contributed by atoms with Crippen LogP contribution in [0.15, 0.2) is 24.3 Å². The lowest BCUT2D eigenvalue weighted by atomic mass is 10.1. The third-order valence-corrected chi connectivity index (χ3v) is 8.86. The fourth-order valence-electron chi connectivity index (χ4n) is 1.46. The average Bonchev–Trinajstić information content (AvgIpc) is 2.32. The van der Waals surface area contributed by atoms with Gasteiger partial charge in [-0.3, -0.25) is 4.18 Å². The molecule has 1 rings (SSSR count). The van der Waals surface area contributed by atoms with E-state index in [1.807, 2.05) is 24.3 Å². The lowest BCUT2D eigenvalue weighted by Gasteiger charge is -2.36. The highest BCUT2D eigenvalue weighted by atomic mass is 32.2.